The molecule has 1 amide bonds. The Morgan fingerprint density at radius 2 is 1.68 bits per heavy atom. The standard InChI is InChI=1S/C21H25N3O/c25-21(24-15-12-17-6-2-3-7-20(17)24)16-22-18-8-10-19(11-9-18)23-13-4-1-5-14-23/h2-3,6-11,22H,1,4-5,12-16H2. The molecule has 130 valence electrons. The molecule has 2 aliphatic heterocycles. The zero-order chi connectivity index (χ0) is 17.1. The fraction of sp³-hybridized carbons (Fsp3) is 0.381. The van der Waals surface area contributed by atoms with Gasteiger partial charge in [-0.15, -0.1) is 0 Å². The van der Waals surface area contributed by atoms with Crippen molar-refractivity contribution in [2.45, 2.75) is 25.7 Å². The Balaban J connectivity index is 1.34. The second-order valence-electron chi connectivity index (χ2n) is 6.87. The van der Waals surface area contributed by atoms with Gasteiger partial charge >= 0.3 is 0 Å². The van der Waals surface area contributed by atoms with Crippen LogP contribution >= 0.6 is 0 Å². The van der Waals surface area contributed by atoms with E-state index >= 15 is 0 Å². The normalized spacial score (nSPS) is 16.6. The lowest BCUT2D eigenvalue weighted by Gasteiger charge is -2.28. The SMILES string of the molecule is O=C(CNc1ccc(N2CCCCC2)cc1)N1CCc2ccccc21. The van der Waals surface area contributed by atoms with Crippen molar-refractivity contribution in [3.63, 3.8) is 0 Å². The summed E-state index contributed by atoms with van der Waals surface area (Å²) in [6.45, 7) is 3.42. The third-order valence-corrected chi connectivity index (χ3v) is 5.22. The summed E-state index contributed by atoms with van der Waals surface area (Å²) in [7, 11) is 0. The van der Waals surface area contributed by atoms with Crippen LogP contribution in [0.3, 0.4) is 0 Å². The van der Waals surface area contributed by atoms with Crippen molar-refractivity contribution >= 4 is 23.0 Å². The van der Waals surface area contributed by atoms with Crippen LogP contribution in [0.1, 0.15) is 24.8 Å². The van der Waals surface area contributed by atoms with Crippen molar-refractivity contribution in [2.75, 3.05) is 41.3 Å². The first-order valence-electron chi connectivity index (χ1n) is 9.28. The second-order valence-corrected chi connectivity index (χ2v) is 6.87. The summed E-state index contributed by atoms with van der Waals surface area (Å²) < 4.78 is 0. The molecule has 4 nitrogen and oxygen atoms in total. The number of carbonyl (C=O) groups excluding carboxylic acids is 1. The Hall–Kier alpha value is -2.49. The van der Waals surface area contributed by atoms with Gasteiger partial charge in [0.15, 0.2) is 0 Å². The van der Waals surface area contributed by atoms with E-state index in [1.165, 1.54) is 30.5 Å². The van der Waals surface area contributed by atoms with Crippen LogP contribution in [0.2, 0.25) is 0 Å². The molecular formula is C21H25N3O. The third-order valence-electron chi connectivity index (χ3n) is 5.22. The van der Waals surface area contributed by atoms with E-state index < -0.39 is 0 Å². The molecule has 0 saturated carbocycles. The number of hydrogen-bond acceptors (Lipinski definition) is 3. The number of amides is 1. The molecule has 2 aliphatic rings. The molecule has 0 aliphatic carbocycles. The van der Waals surface area contributed by atoms with Crippen LogP contribution in [0.5, 0.6) is 0 Å². The zero-order valence-electron chi connectivity index (χ0n) is 14.6. The van der Waals surface area contributed by atoms with Crippen LogP contribution in [0.4, 0.5) is 17.1 Å². The minimum atomic E-state index is 0.130. The molecule has 2 aromatic carbocycles. The Morgan fingerprint density at radius 1 is 0.920 bits per heavy atom. The number of piperidine rings is 1. The van der Waals surface area contributed by atoms with Gasteiger partial charge in [0.1, 0.15) is 0 Å². The number of rotatable bonds is 4. The first kappa shape index (κ1) is 16.0. The lowest BCUT2D eigenvalue weighted by Crippen LogP contribution is -2.34. The van der Waals surface area contributed by atoms with Gasteiger partial charge in [0.05, 0.1) is 6.54 Å². The average molecular weight is 335 g/mol. The van der Waals surface area contributed by atoms with Crippen LogP contribution in [-0.2, 0) is 11.2 Å². The molecule has 0 radical (unpaired) electrons. The maximum atomic E-state index is 12.6. The van der Waals surface area contributed by atoms with Gasteiger partial charge in [-0.25, -0.2) is 0 Å². The predicted molar refractivity (Wildman–Crippen MR) is 103 cm³/mol. The molecule has 0 atom stereocenters. The molecule has 1 saturated heterocycles. The fourth-order valence-corrected chi connectivity index (χ4v) is 3.81. The monoisotopic (exact) mass is 335 g/mol. The zero-order valence-corrected chi connectivity index (χ0v) is 14.6. The minimum Gasteiger partial charge on any atom is -0.376 e. The summed E-state index contributed by atoms with van der Waals surface area (Å²) in [5.74, 6) is 0.130. The number of benzene rings is 2. The highest BCUT2D eigenvalue weighted by atomic mass is 16.2. The van der Waals surface area contributed by atoms with E-state index in [2.05, 4.69) is 40.5 Å². The number of nitrogens with zero attached hydrogens (tertiary/aromatic N) is 2. The summed E-state index contributed by atoms with van der Waals surface area (Å²) >= 11 is 0. The number of carbonyl (C=O) groups is 1. The van der Waals surface area contributed by atoms with Crippen molar-refractivity contribution < 1.29 is 4.79 Å². The van der Waals surface area contributed by atoms with E-state index in [0.717, 1.165) is 37.4 Å². The maximum Gasteiger partial charge on any atom is 0.246 e. The van der Waals surface area contributed by atoms with Gasteiger partial charge in [-0.05, 0) is 61.6 Å². The van der Waals surface area contributed by atoms with Crippen LogP contribution in [0, 0.1) is 0 Å². The molecule has 0 unspecified atom stereocenters. The van der Waals surface area contributed by atoms with Crippen molar-refractivity contribution in [2.24, 2.45) is 0 Å². The smallest absolute Gasteiger partial charge is 0.246 e. The van der Waals surface area contributed by atoms with E-state index in [1.54, 1.807) is 0 Å². The van der Waals surface area contributed by atoms with E-state index in [-0.39, 0.29) is 5.91 Å². The van der Waals surface area contributed by atoms with E-state index in [4.69, 9.17) is 0 Å². The number of nitrogens with one attached hydrogen (secondary N) is 1. The molecule has 0 spiro atoms. The van der Waals surface area contributed by atoms with Gasteiger partial charge in [0.25, 0.3) is 0 Å². The van der Waals surface area contributed by atoms with E-state index in [1.807, 2.05) is 23.1 Å². The highest BCUT2D eigenvalue weighted by Gasteiger charge is 2.23. The first-order chi connectivity index (χ1) is 12.3. The molecule has 4 heteroatoms. The van der Waals surface area contributed by atoms with E-state index in [0.29, 0.717) is 6.54 Å². The molecule has 25 heavy (non-hydrogen) atoms. The Labute approximate surface area is 149 Å². The van der Waals surface area contributed by atoms with Gasteiger partial charge in [0, 0.05) is 36.7 Å². The first-order valence-corrected chi connectivity index (χ1v) is 9.28. The molecule has 2 heterocycles. The molecular weight excluding hydrogens is 310 g/mol. The van der Waals surface area contributed by atoms with E-state index in [9.17, 15) is 4.79 Å². The van der Waals surface area contributed by atoms with Crippen molar-refractivity contribution in [1.82, 2.24) is 0 Å². The summed E-state index contributed by atoms with van der Waals surface area (Å²) in [6, 6.07) is 16.6. The molecule has 0 aromatic heterocycles. The largest absolute Gasteiger partial charge is 0.376 e. The van der Waals surface area contributed by atoms with Crippen molar-refractivity contribution in [3.05, 3.63) is 54.1 Å². The molecule has 1 N–H and O–H groups in total. The molecule has 4 rings (SSSR count). The average Bonchev–Trinajstić information content (AvgIpc) is 3.11. The van der Waals surface area contributed by atoms with Crippen LogP contribution in [-0.4, -0.2) is 32.1 Å². The van der Waals surface area contributed by atoms with Gasteiger partial charge in [0.2, 0.25) is 5.91 Å². The predicted octanol–water partition coefficient (Wildman–Crippen LogP) is 3.68. The van der Waals surface area contributed by atoms with Crippen LogP contribution in [0.15, 0.2) is 48.5 Å². The third kappa shape index (κ3) is 3.48. The van der Waals surface area contributed by atoms with Crippen LogP contribution in [0.25, 0.3) is 0 Å². The summed E-state index contributed by atoms with van der Waals surface area (Å²) in [6.07, 6.45) is 4.86. The molecule has 0 bridgehead atoms. The number of anilines is 3. The van der Waals surface area contributed by atoms with Gasteiger partial charge in [-0.3, -0.25) is 4.79 Å². The topological polar surface area (TPSA) is 35.6 Å². The lowest BCUT2D eigenvalue weighted by atomic mass is 10.1. The molecule has 1 fully saturated rings. The van der Waals surface area contributed by atoms with Crippen molar-refractivity contribution in [3.8, 4) is 0 Å². The highest BCUT2D eigenvalue weighted by molar-refractivity contribution is 5.98. The quantitative estimate of drug-likeness (QED) is 0.926. The summed E-state index contributed by atoms with van der Waals surface area (Å²) in [4.78, 5) is 16.9. The number of fused-ring (bicyclic) bond motifs is 1. The van der Waals surface area contributed by atoms with Crippen molar-refractivity contribution in [1.29, 1.82) is 0 Å². The van der Waals surface area contributed by atoms with Gasteiger partial charge < -0.3 is 15.1 Å². The highest BCUT2D eigenvalue weighted by Crippen LogP contribution is 2.27. The Kier molecular flexibility index (Phi) is 4.59. The number of para-hydroxylation sites is 1. The lowest BCUT2D eigenvalue weighted by molar-refractivity contribution is -0.116. The summed E-state index contributed by atoms with van der Waals surface area (Å²) in [5, 5.41) is 3.27. The minimum absolute atomic E-state index is 0.130. The van der Waals surface area contributed by atoms with Gasteiger partial charge in [-0.1, -0.05) is 18.2 Å². The summed E-state index contributed by atoms with van der Waals surface area (Å²) in [5.41, 5.74) is 4.61. The van der Waals surface area contributed by atoms with Crippen LogP contribution < -0.4 is 15.1 Å². The Morgan fingerprint density at radius 3 is 2.48 bits per heavy atom. The Bertz CT molecular complexity index is 735. The number of hydrogen-bond donors (Lipinski definition) is 1. The van der Waals surface area contributed by atoms with Gasteiger partial charge in [-0.2, -0.15) is 0 Å². The fourth-order valence-electron chi connectivity index (χ4n) is 3.81. The molecule has 2 aromatic rings. The second kappa shape index (κ2) is 7.18. The maximum absolute atomic E-state index is 12.6.